The number of aliphatic imine (C=N–C) groups is 1. The second-order valence-electron chi connectivity index (χ2n) is 7.06. The molecule has 0 saturated carbocycles. The van der Waals surface area contributed by atoms with E-state index in [1.165, 1.54) is 7.11 Å². The number of rotatable bonds is 7. The monoisotopic (exact) mass is 465 g/mol. The van der Waals surface area contributed by atoms with Crippen LogP contribution < -0.4 is 16.0 Å². The van der Waals surface area contributed by atoms with Gasteiger partial charge in [0, 0.05) is 35.4 Å². The Morgan fingerprint density at radius 1 is 1.15 bits per heavy atom. The summed E-state index contributed by atoms with van der Waals surface area (Å²) in [7, 11) is 1.52. The topological polar surface area (TPSA) is 125 Å². The number of hydrogen-bond donors (Lipinski definition) is 3. The van der Waals surface area contributed by atoms with Crippen LogP contribution in [0.2, 0.25) is 5.02 Å². The molecule has 2 aromatic carbocycles. The zero-order valence-electron chi connectivity index (χ0n) is 17.6. The number of ether oxygens (including phenoxy) is 1. The molecule has 0 aliphatic carbocycles. The van der Waals surface area contributed by atoms with Crippen molar-refractivity contribution in [2.24, 2.45) is 4.99 Å². The number of aromatic hydroxyl groups is 1. The molecule has 4 rings (SSSR count). The van der Waals surface area contributed by atoms with Crippen molar-refractivity contribution in [1.29, 1.82) is 0 Å². The average Bonchev–Trinajstić information content (AvgIpc) is 3.32. The lowest BCUT2D eigenvalue weighted by Gasteiger charge is -2.14. The van der Waals surface area contributed by atoms with Gasteiger partial charge in [-0.2, -0.15) is 0 Å². The smallest absolute Gasteiger partial charge is 0.335 e. The Balaban J connectivity index is 1.85. The molecule has 0 spiro atoms. The van der Waals surface area contributed by atoms with Crippen LogP contribution in [0.3, 0.4) is 0 Å². The lowest BCUT2D eigenvalue weighted by molar-refractivity contribution is 0.414. The van der Waals surface area contributed by atoms with E-state index in [2.05, 4.69) is 19.9 Å². The minimum Gasteiger partial charge on any atom is -0.497 e. The van der Waals surface area contributed by atoms with Crippen LogP contribution in [0.1, 0.15) is 16.8 Å². The van der Waals surface area contributed by atoms with Crippen LogP contribution in [0.5, 0.6) is 11.6 Å². The van der Waals surface area contributed by atoms with Crippen molar-refractivity contribution in [3.63, 3.8) is 0 Å². The van der Waals surface area contributed by atoms with Gasteiger partial charge in [0.05, 0.1) is 24.8 Å². The van der Waals surface area contributed by atoms with E-state index in [1.807, 2.05) is 0 Å². The van der Waals surface area contributed by atoms with Gasteiger partial charge in [0.15, 0.2) is 0 Å². The van der Waals surface area contributed by atoms with Crippen molar-refractivity contribution in [2.45, 2.75) is 6.42 Å². The normalized spacial score (nSPS) is 11.5. The Bertz CT molecular complexity index is 1390. The second kappa shape index (κ2) is 9.58. The SMILES string of the molecule is COc1ccc(-n2c(O)c(C(=NCCc3cnc[nH]3)c3ccc(Cl)cc3)c(=O)[nH]c2=O)cc1. The highest BCUT2D eigenvalue weighted by atomic mass is 35.5. The highest BCUT2D eigenvalue weighted by Crippen LogP contribution is 2.22. The highest BCUT2D eigenvalue weighted by Gasteiger charge is 2.21. The number of nitrogens with one attached hydrogen (secondary N) is 2. The maximum absolute atomic E-state index is 12.8. The van der Waals surface area contributed by atoms with Gasteiger partial charge in [0.2, 0.25) is 5.88 Å². The van der Waals surface area contributed by atoms with E-state index in [0.29, 0.717) is 35.0 Å². The van der Waals surface area contributed by atoms with E-state index in [1.54, 1.807) is 61.1 Å². The van der Waals surface area contributed by atoms with Gasteiger partial charge in [-0.05, 0) is 36.4 Å². The molecule has 0 aliphatic heterocycles. The summed E-state index contributed by atoms with van der Waals surface area (Å²) in [5.74, 6) is 0.0577. The Morgan fingerprint density at radius 2 is 1.88 bits per heavy atom. The van der Waals surface area contributed by atoms with Crippen LogP contribution in [-0.2, 0) is 6.42 Å². The van der Waals surface area contributed by atoms with Crippen molar-refractivity contribution >= 4 is 17.3 Å². The predicted molar refractivity (Wildman–Crippen MR) is 125 cm³/mol. The van der Waals surface area contributed by atoms with Crippen molar-refractivity contribution in [3.05, 3.63) is 104 Å². The summed E-state index contributed by atoms with van der Waals surface area (Å²) in [6.45, 7) is 0.306. The van der Waals surface area contributed by atoms with Gasteiger partial charge in [-0.3, -0.25) is 14.8 Å². The molecule has 2 aromatic heterocycles. The Hall–Kier alpha value is -4.11. The summed E-state index contributed by atoms with van der Waals surface area (Å²) in [6.07, 6.45) is 3.79. The first-order chi connectivity index (χ1) is 16.0. The molecule has 0 bridgehead atoms. The lowest BCUT2D eigenvalue weighted by atomic mass is 10.0. The predicted octanol–water partition coefficient (Wildman–Crippen LogP) is 2.70. The molecule has 9 nitrogen and oxygen atoms in total. The molecule has 0 amide bonds. The summed E-state index contributed by atoms with van der Waals surface area (Å²) in [6, 6.07) is 13.2. The molecule has 168 valence electrons. The number of benzene rings is 2. The Kier molecular flexibility index (Phi) is 6.41. The number of H-pyrrole nitrogens is 2. The summed E-state index contributed by atoms with van der Waals surface area (Å²) in [5, 5.41) is 11.6. The maximum Gasteiger partial charge on any atom is 0.335 e. The van der Waals surface area contributed by atoms with Crippen molar-refractivity contribution in [1.82, 2.24) is 19.5 Å². The van der Waals surface area contributed by atoms with Gasteiger partial charge in [-0.25, -0.2) is 14.3 Å². The fraction of sp³-hybridized carbons (Fsp3) is 0.130. The number of methoxy groups -OCH3 is 1. The minimum atomic E-state index is -0.778. The molecule has 0 radical (unpaired) electrons. The molecule has 2 heterocycles. The van der Waals surface area contributed by atoms with Crippen LogP contribution in [0.4, 0.5) is 0 Å². The molecule has 0 fully saturated rings. The zero-order valence-corrected chi connectivity index (χ0v) is 18.3. The first-order valence-corrected chi connectivity index (χ1v) is 10.4. The van der Waals surface area contributed by atoms with E-state index >= 15 is 0 Å². The molecule has 10 heteroatoms. The number of imidazole rings is 1. The fourth-order valence-corrected chi connectivity index (χ4v) is 3.47. The molecule has 0 saturated heterocycles. The third kappa shape index (κ3) is 4.73. The molecule has 0 atom stereocenters. The quantitative estimate of drug-likeness (QED) is 0.362. The summed E-state index contributed by atoms with van der Waals surface area (Å²) in [5.41, 5.74) is 0.352. The summed E-state index contributed by atoms with van der Waals surface area (Å²) >= 11 is 6.02. The van der Waals surface area contributed by atoms with Crippen molar-refractivity contribution in [2.75, 3.05) is 13.7 Å². The third-order valence-electron chi connectivity index (χ3n) is 4.98. The van der Waals surface area contributed by atoms with Crippen LogP contribution in [-0.4, -0.2) is 44.0 Å². The number of aromatic nitrogens is 4. The molecule has 0 unspecified atom stereocenters. The van der Waals surface area contributed by atoms with Crippen molar-refractivity contribution in [3.8, 4) is 17.3 Å². The first kappa shape index (κ1) is 22.1. The van der Waals surface area contributed by atoms with Crippen LogP contribution in [0.25, 0.3) is 5.69 Å². The average molecular weight is 466 g/mol. The van der Waals surface area contributed by atoms with Crippen molar-refractivity contribution < 1.29 is 9.84 Å². The number of halogens is 1. The van der Waals surface area contributed by atoms with E-state index in [9.17, 15) is 14.7 Å². The molecular weight excluding hydrogens is 446 g/mol. The van der Waals surface area contributed by atoms with E-state index in [-0.39, 0.29) is 11.3 Å². The largest absolute Gasteiger partial charge is 0.497 e. The standard InChI is InChI=1S/C23H20ClN5O4/c1-33-18-8-6-17(7-9-18)29-22(31)19(21(30)28-23(29)32)20(14-2-4-15(24)5-3-14)26-11-10-16-12-25-13-27-16/h2-9,12-13,31H,10-11H2,1H3,(H,25,27)(H,28,30,32). The van der Waals surface area contributed by atoms with Crippen LogP contribution in [0, 0.1) is 0 Å². The van der Waals surface area contributed by atoms with E-state index in [0.717, 1.165) is 10.3 Å². The lowest BCUT2D eigenvalue weighted by Crippen LogP contribution is -2.33. The molecule has 3 N–H and O–H groups in total. The van der Waals surface area contributed by atoms with Gasteiger partial charge in [0.1, 0.15) is 11.3 Å². The molecule has 4 aromatic rings. The van der Waals surface area contributed by atoms with Gasteiger partial charge < -0.3 is 14.8 Å². The first-order valence-electron chi connectivity index (χ1n) is 9.98. The van der Waals surface area contributed by atoms with E-state index in [4.69, 9.17) is 16.3 Å². The van der Waals surface area contributed by atoms with E-state index < -0.39 is 17.1 Å². The highest BCUT2D eigenvalue weighted by molar-refractivity contribution is 6.30. The number of hydrogen-bond acceptors (Lipinski definition) is 6. The van der Waals surface area contributed by atoms with Gasteiger partial charge in [-0.15, -0.1) is 0 Å². The molecular formula is C23H20ClN5O4. The second-order valence-corrected chi connectivity index (χ2v) is 7.49. The fourth-order valence-electron chi connectivity index (χ4n) is 3.34. The molecule has 33 heavy (non-hydrogen) atoms. The summed E-state index contributed by atoms with van der Waals surface area (Å²) in [4.78, 5) is 39.3. The number of nitrogens with zero attached hydrogens (tertiary/aromatic N) is 3. The van der Waals surface area contributed by atoms with Gasteiger partial charge in [-0.1, -0.05) is 23.7 Å². The van der Waals surface area contributed by atoms with Crippen LogP contribution in [0.15, 0.2) is 75.6 Å². The minimum absolute atomic E-state index is 0.127. The van der Waals surface area contributed by atoms with Gasteiger partial charge >= 0.3 is 5.69 Å². The van der Waals surface area contributed by atoms with Crippen LogP contribution >= 0.6 is 11.6 Å². The Morgan fingerprint density at radius 3 is 2.52 bits per heavy atom. The maximum atomic E-state index is 12.8. The van der Waals surface area contributed by atoms with Gasteiger partial charge in [0.25, 0.3) is 5.56 Å². The molecule has 0 aliphatic rings. The number of aromatic amines is 2. The Labute approximate surface area is 193 Å². The zero-order chi connectivity index (χ0) is 23.4. The summed E-state index contributed by atoms with van der Waals surface area (Å²) < 4.78 is 6.15. The third-order valence-corrected chi connectivity index (χ3v) is 5.23.